The Kier molecular flexibility index (Phi) is 6.76. The molecule has 1 aliphatic carbocycles. The maximum Gasteiger partial charge on any atom is 0.410 e. The van der Waals surface area contributed by atoms with Crippen LogP contribution in [0.4, 0.5) is 9.18 Å². The van der Waals surface area contributed by atoms with Gasteiger partial charge in [-0.25, -0.2) is 9.18 Å². The molecular formula is C19H27ClFN3O3. The van der Waals surface area contributed by atoms with E-state index >= 15 is 0 Å². The van der Waals surface area contributed by atoms with E-state index in [1.165, 1.54) is 6.08 Å². The first-order valence-corrected chi connectivity index (χ1v) is 10.1. The number of hydrogen-bond acceptors (Lipinski definition) is 4. The number of allylic oxidation sites excluding steroid dienone is 3. The zero-order chi connectivity index (χ0) is 19.4. The number of carbonyl (C=O) groups is 2. The maximum atomic E-state index is 13.1. The van der Waals surface area contributed by atoms with Gasteiger partial charge < -0.3 is 20.3 Å². The molecule has 2 atom stereocenters. The molecule has 0 aromatic rings. The lowest BCUT2D eigenvalue weighted by Gasteiger charge is -2.38. The van der Waals surface area contributed by atoms with Crippen LogP contribution in [0.5, 0.6) is 0 Å². The smallest absolute Gasteiger partial charge is 0.410 e. The molecule has 8 heteroatoms. The standard InChI is InChI=1S/C19H27ClFN3O3/c1-2-27-19(26)24-14-4-5-15(24)11-13(10-14)22-7-8-23-18(25)16-6-3-12(21)9-17(16)20/h9,13-15,22H,2-8,10-11H2,1H3,(H,23,25). The molecule has 2 heterocycles. The lowest BCUT2D eigenvalue weighted by Crippen LogP contribution is -2.52. The maximum absolute atomic E-state index is 13.1. The van der Waals surface area contributed by atoms with Crippen molar-refractivity contribution in [1.29, 1.82) is 0 Å². The first-order chi connectivity index (χ1) is 13.0. The van der Waals surface area contributed by atoms with E-state index in [4.69, 9.17) is 16.3 Å². The van der Waals surface area contributed by atoms with Crippen molar-refractivity contribution < 1.29 is 18.7 Å². The number of halogens is 2. The van der Waals surface area contributed by atoms with Crippen molar-refractivity contribution in [1.82, 2.24) is 15.5 Å². The summed E-state index contributed by atoms with van der Waals surface area (Å²) < 4.78 is 18.3. The second-order valence-electron chi connectivity index (χ2n) is 7.29. The third-order valence-electron chi connectivity index (χ3n) is 5.51. The minimum Gasteiger partial charge on any atom is -0.450 e. The molecule has 27 heavy (non-hydrogen) atoms. The summed E-state index contributed by atoms with van der Waals surface area (Å²) in [5, 5.41) is 6.50. The molecule has 2 unspecified atom stereocenters. The first-order valence-electron chi connectivity index (χ1n) is 9.71. The van der Waals surface area contributed by atoms with Gasteiger partial charge in [-0.15, -0.1) is 0 Å². The molecule has 2 bridgehead atoms. The Morgan fingerprint density at radius 1 is 1.26 bits per heavy atom. The fourth-order valence-electron chi connectivity index (χ4n) is 4.28. The van der Waals surface area contributed by atoms with Gasteiger partial charge in [-0.2, -0.15) is 0 Å². The van der Waals surface area contributed by atoms with Crippen LogP contribution in [0.3, 0.4) is 0 Å². The highest BCUT2D eigenvalue weighted by Gasteiger charge is 2.43. The Bertz CT molecular complexity index is 638. The molecule has 0 aromatic heterocycles. The molecule has 0 radical (unpaired) electrons. The fraction of sp³-hybridized carbons (Fsp3) is 0.684. The Balaban J connectivity index is 1.40. The van der Waals surface area contributed by atoms with Crippen molar-refractivity contribution in [2.45, 2.75) is 63.6 Å². The molecule has 0 saturated carbocycles. The van der Waals surface area contributed by atoms with E-state index in [9.17, 15) is 14.0 Å². The third-order valence-corrected chi connectivity index (χ3v) is 5.85. The Hall–Kier alpha value is -1.60. The van der Waals surface area contributed by atoms with Crippen LogP contribution in [0.1, 0.15) is 45.4 Å². The highest BCUT2D eigenvalue weighted by molar-refractivity contribution is 6.33. The summed E-state index contributed by atoms with van der Waals surface area (Å²) in [6.07, 6.45) is 5.43. The summed E-state index contributed by atoms with van der Waals surface area (Å²) in [4.78, 5) is 26.2. The summed E-state index contributed by atoms with van der Waals surface area (Å²) in [5.41, 5.74) is 0.443. The lowest BCUT2D eigenvalue weighted by atomic mass is 9.98. The summed E-state index contributed by atoms with van der Waals surface area (Å²) in [6, 6.07) is 0.810. The minimum atomic E-state index is -0.290. The number of hydrogen-bond donors (Lipinski definition) is 2. The van der Waals surface area contributed by atoms with Crippen LogP contribution >= 0.6 is 11.6 Å². The average molecular weight is 400 g/mol. The average Bonchev–Trinajstić information content (AvgIpc) is 2.89. The Morgan fingerprint density at radius 3 is 2.59 bits per heavy atom. The van der Waals surface area contributed by atoms with Crippen LogP contribution in [0.15, 0.2) is 22.5 Å². The summed E-state index contributed by atoms with van der Waals surface area (Å²) in [6.45, 7) is 3.35. The summed E-state index contributed by atoms with van der Waals surface area (Å²) in [5.74, 6) is -0.523. The summed E-state index contributed by atoms with van der Waals surface area (Å²) in [7, 11) is 0. The molecule has 2 saturated heterocycles. The molecule has 2 N–H and O–H groups in total. The lowest BCUT2D eigenvalue weighted by molar-refractivity contribution is -0.117. The van der Waals surface area contributed by atoms with Gasteiger partial charge in [0.05, 0.1) is 11.6 Å². The molecule has 6 nitrogen and oxygen atoms in total. The second kappa shape index (κ2) is 9.06. The van der Waals surface area contributed by atoms with Crippen molar-refractivity contribution in [3.63, 3.8) is 0 Å². The van der Waals surface area contributed by atoms with Crippen molar-refractivity contribution in [3.05, 3.63) is 22.5 Å². The molecule has 2 aliphatic heterocycles. The van der Waals surface area contributed by atoms with Gasteiger partial charge in [-0.1, -0.05) is 11.6 Å². The minimum absolute atomic E-state index is 0.187. The van der Waals surface area contributed by atoms with Gasteiger partial charge in [0, 0.05) is 43.2 Å². The largest absolute Gasteiger partial charge is 0.450 e. The molecule has 3 rings (SSSR count). The molecule has 2 fully saturated rings. The third kappa shape index (κ3) is 4.82. The SMILES string of the molecule is CCOC(=O)N1C2CCC1CC(NCCNC(=O)C1=C(Cl)C=C(F)CC1)C2. The number of nitrogens with zero attached hydrogens (tertiary/aromatic N) is 1. The van der Waals surface area contributed by atoms with E-state index in [0.717, 1.165) is 25.7 Å². The van der Waals surface area contributed by atoms with Crippen LogP contribution in [-0.4, -0.2) is 54.7 Å². The highest BCUT2D eigenvalue weighted by Crippen LogP contribution is 2.36. The highest BCUT2D eigenvalue weighted by atomic mass is 35.5. The first kappa shape index (κ1) is 20.1. The van der Waals surface area contributed by atoms with Gasteiger partial charge in [-0.3, -0.25) is 4.79 Å². The van der Waals surface area contributed by atoms with Crippen molar-refractivity contribution in [2.24, 2.45) is 0 Å². The molecule has 0 aromatic carbocycles. The van der Waals surface area contributed by atoms with E-state index in [-0.39, 0.29) is 41.4 Å². The normalized spacial score (nSPS) is 27.4. The van der Waals surface area contributed by atoms with E-state index in [1.54, 1.807) is 0 Å². The molecular weight excluding hydrogens is 373 g/mol. The van der Waals surface area contributed by atoms with Gasteiger partial charge in [0.25, 0.3) is 0 Å². The predicted molar refractivity (Wildman–Crippen MR) is 101 cm³/mol. The molecule has 3 aliphatic rings. The van der Waals surface area contributed by atoms with E-state index in [0.29, 0.717) is 37.7 Å². The number of amides is 2. The van der Waals surface area contributed by atoms with Crippen molar-refractivity contribution in [3.8, 4) is 0 Å². The fourth-order valence-corrected chi connectivity index (χ4v) is 4.58. The number of fused-ring (bicyclic) bond motifs is 2. The molecule has 150 valence electrons. The molecule has 2 amide bonds. The topological polar surface area (TPSA) is 70.7 Å². The Labute approximate surface area is 164 Å². The number of carbonyl (C=O) groups excluding carboxylic acids is 2. The van der Waals surface area contributed by atoms with Gasteiger partial charge in [0.15, 0.2) is 0 Å². The van der Waals surface area contributed by atoms with Crippen LogP contribution < -0.4 is 10.6 Å². The van der Waals surface area contributed by atoms with Gasteiger partial charge in [0.2, 0.25) is 5.91 Å². The van der Waals surface area contributed by atoms with E-state index < -0.39 is 0 Å². The van der Waals surface area contributed by atoms with Crippen molar-refractivity contribution in [2.75, 3.05) is 19.7 Å². The number of piperidine rings is 1. The van der Waals surface area contributed by atoms with Gasteiger partial charge in [-0.05, 0) is 45.1 Å². The van der Waals surface area contributed by atoms with Gasteiger partial charge in [0.1, 0.15) is 5.83 Å². The zero-order valence-electron chi connectivity index (χ0n) is 15.6. The zero-order valence-corrected chi connectivity index (χ0v) is 16.4. The molecule has 0 spiro atoms. The van der Waals surface area contributed by atoms with E-state index in [2.05, 4.69) is 10.6 Å². The van der Waals surface area contributed by atoms with Crippen LogP contribution in [-0.2, 0) is 9.53 Å². The van der Waals surface area contributed by atoms with E-state index in [1.807, 2.05) is 11.8 Å². The van der Waals surface area contributed by atoms with Crippen molar-refractivity contribution >= 4 is 23.6 Å². The number of rotatable bonds is 6. The van der Waals surface area contributed by atoms with Crippen LogP contribution in [0, 0.1) is 0 Å². The van der Waals surface area contributed by atoms with Crippen LogP contribution in [0.25, 0.3) is 0 Å². The number of nitrogens with one attached hydrogen (secondary N) is 2. The second-order valence-corrected chi connectivity index (χ2v) is 7.69. The number of ether oxygens (including phenoxy) is 1. The summed E-state index contributed by atoms with van der Waals surface area (Å²) >= 11 is 5.95. The quantitative estimate of drug-likeness (QED) is 0.673. The monoisotopic (exact) mass is 399 g/mol. The van der Waals surface area contributed by atoms with Crippen LogP contribution in [0.2, 0.25) is 0 Å². The van der Waals surface area contributed by atoms with Gasteiger partial charge >= 0.3 is 6.09 Å². The predicted octanol–water partition coefficient (Wildman–Crippen LogP) is 2.98. The Morgan fingerprint density at radius 2 is 1.96 bits per heavy atom.